The molecule has 0 fully saturated rings. The van der Waals surface area contributed by atoms with E-state index in [1.807, 2.05) is 18.2 Å². The summed E-state index contributed by atoms with van der Waals surface area (Å²) in [5, 5.41) is 10.3. The van der Waals surface area contributed by atoms with Crippen LogP contribution in [-0.4, -0.2) is 5.11 Å². The number of hydrogen-bond donors (Lipinski definition) is 1. The number of benzene rings is 1. The van der Waals surface area contributed by atoms with Crippen molar-refractivity contribution in [3.63, 3.8) is 0 Å². The van der Waals surface area contributed by atoms with Gasteiger partial charge in [-0.2, -0.15) is 0 Å². The molecule has 0 spiro atoms. The molecule has 0 radical (unpaired) electrons. The maximum absolute atomic E-state index is 10.3. The van der Waals surface area contributed by atoms with Gasteiger partial charge < -0.3 is 5.11 Å². The van der Waals surface area contributed by atoms with Crippen molar-refractivity contribution >= 4 is 11.3 Å². The summed E-state index contributed by atoms with van der Waals surface area (Å²) in [5.41, 5.74) is 2.29. The Kier molecular flexibility index (Phi) is 3.97. The van der Waals surface area contributed by atoms with Crippen LogP contribution in [0, 0.1) is 0 Å². The minimum atomic E-state index is -0.480. The van der Waals surface area contributed by atoms with Gasteiger partial charge in [-0.25, -0.2) is 0 Å². The highest BCUT2D eigenvalue weighted by Gasteiger charge is 2.12. The second-order valence-corrected chi connectivity index (χ2v) is 5.36. The van der Waals surface area contributed by atoms with E-state index in [9.17, 15) is 5.11 Å². The summed E-state index contributed by atoms with van der Waals surface area (Å²) < 4.78 is 0. The first-order chi connectivity index (χ1) is 8.24. The number of aryl methyl sites for hydroxylation is 2. The van der Waals surface area contributed by atoms with Crippen LogP contribution in [0.1, 0.15) is 40.8 Å². The van der Waals surface area contributed by atoms with Crippen molar-refractivity contribution in [2.45, 2.75) is 32.8 Å². The first-order valence-corrected chi connectivity index (χ1v) is 6.91. The smallest absolute Gasteiger partial charge is 0.113 e. The summed E-state index contributed by atoms with van der Waals surface area (Å²) in [5.74, 6) is 0. The lowest BCUT2D eigenvalue weighted by Crippen LogP contribution is -1.96. The second kappa shape index (κ2) is 5.48. The monoisotopic (exact) mass is 246 g/mol. The number of aliphatic hydroxyl groups excluding tert-OH is 1. The standard InChI is InChI=1S/C15H18OS/c1-3-11-5-7-12(8-6-11)15(16)14-10-9-13(4-2)17-14/h5-10,15-16H,3-4H2,1-2H3. The molecule has 1 atom stereocenters. The molecule has 2 rings (SSSR count). The zero-order valence-corrected chi connectivity index (χ0v) is 11.1. The van der Waals surface area contributed by atoms with Gasteiger partial charge in [0.25, 0.3) is 0 Å². The third-order valence-corrected chi connectivity index (χ3v) is 4.29. The van der Waals surface area contributed by atoms with Gasteiger partial charge in [0.1, 0.15) is 6.10 Å². The van der Waals surface area contributed by atoms with E-state index in [2.05, 4.69) is 32.0 Å². The molecule has 1 heterocycles. The van der Waals surface area contributed by atoms with E-state index in [1.54, 1.807) is 11.3 Å². The summed E-state index contributed by atoms with van der Waals surface area (Å²) in [6.45, 7) is 4.27. The topological polar surface area (TPSA) is 20.2 Å². The number of hydrogen-bond acceptors (Lipinski definition) is 2. The first-order valence-electron chi connectivity index (χ1n) is 6.10. The van der Waals surface area contributed by atoms with Crippen molar-refractivity contribution in [3.8, 4) is 0 Å². The zero-order valence-electron chi connectivity index (χ0n) is 10.3. The molecule has 0 aliphatic carbocycles. The van der Waals surface area contributed by atoms with E-state index in [1.165, 1.54) is 10.4 Å². The molecule has 0 bridgehead atoms. The van der Waals surface area contributed by atoms with Gasteiger partial charge in [-0.3, -0.25) is 0 Å². The highest BCUT2D eigenvalue weighted by molar-refractivity contribution is 7.12. The SMILES string of the molecule is CCc1ccc(C(O)c2ccc(CC)s2)cc1. The van der Waals surface area contributed by atoms with E-state index >= 15 is 0 Å². The predicted octanol–water partition coefficient (Wildman–Crippen LogP) is 3.95. The molecule has 1 N–H and O–H groups in total. The molecular formula is C15H18OS. The first kappa shape index (κ1) is 12.3. The normalized spacial score (nSPS) is 12.6. The van der Waals surface area contributed by atoms with E-state index in [0.29, 0.717) is 0 Å². The van der Waals surface area contributed by atoms with Gasteiger partial charge in [-0.1, -0.05) is 38.1 Å². The van der Waals surface area contributed by atoms with Crippen molar-refractivity contribution in [3.05, 3.63) is 57.3 Å². The molecule has 17 heavy (non-hydrogen) atoms. The number of rotatable bonds is 4. The Bertz CT molecular complexity index is 470. The fourth-order valence-corrected chi connectivity index (χ4v) is 2.80. The summed E-state index contributed by atoms with van der Waals surface area (Å²) in [7, 11) is 0. The van der Waals surface area contributed by atoms with Crippen molar-refractivity contribution in [1.29, 1.82) is 0 Å². The quantitative estimate of drug-likeness (QED) is 0.866. The molecule has 90 valence electrons. The van der Waals surface area contributed by atoms with Crippen LogP contribution in [0.3, 0.4) is 0 Å². The summed E-state index contributed by atoms with van der Waals surface area (Å²) in [6.07, 6.45) is 1.59. The molecule has 1 aromatic carbocycles. The van der Waals surface area contributed by atoms with Gasteiger partial charge in [0.2, 0.25) is 0 Å². The van der Waals surface area contributed by atoms with Crippen LogP contribution in [0.25, 0.3) is 0 Å². The Labute approximate surface area is 107 Å². The van der Waals surface area contributed by atoms with Gasteiger partial charge in [-0.15, -0.1) is 11.3 Å². The minimum Gasteiger partial charge on any atom is -0.383 e. The predicted molar refractivity (Wildman–Crippen MR) is 73.6 cm³/mol. The Hall–Kier alpha value is -1.12. The molecule has 1 aromatic heterocycles. The molecule has 0 aliphatic heterocycles. The number of thiophene rings is 1. The molecule has 0 saturated heterocycles. The highest BCUT2D eigenvalue weighted by atomic mass is 32.1. The van der Waals surface area contributed by atoms with Crippen LogP contribution in [0.5, 0.6) is 0 Å². The van der Waals surface area contributed by atoms with Gasteiger partial charge in [-0.05, 0) is 36.1 Å². The summed E-state index contributed by atoms with van der Waals surface area (Å²) in [4.78, 5) is 2.36. The minimum absolute atomic E-state index is 0.480. The van der Waals surface area contributed by atoms with Crippen LogP contribution >= 0.6 is 11.3 Å². The lowest BCUT2D eigenvalue weighted by Gasteiger charge is -2.09. The van der Waals surface area contributed by atoms with E-state index in [4.69, 9.17) is 0 Å². The third kappa shape index (κ3) is 2.76. The van der Waals surface area contributed by atoms with Crippen LogP contribution in [0.2, 0.25) is 0 Å². The van der Waals surface area contributed by atoms with Crippen LogP contribution in [-0.2, 0) is 12.8 Å². The van der Waals surface area contributed by atoms with Crippen molar-refractivity contribution in [2.75, 3.05) is 0 Å². The average Bonchev–Trinajstić information content (AvgIpc) is 2.87. The van der Waals surface area contributed by atoms with E-state index in [0.717, 1.165) is 23.3 Å². The maximum Gasteiger partial charge on any atom is 0.113 e. The van der Waals surface area contributed by atoms with E-state index < -0.39 is 6.10 Å². The molecule has 0 saturated carbocycles. The Balaban J connectivity index is 2.20. The highest BCUT2D eigenvalue weighted by Crippen LogP contribution is 2.28. The van der Waals surface area contributed by atoms with Gasteiger partial charge in [0, 0.05) is 9.75 Å². The summed E-state index contributed by atoms with van der Waals surface area (Å²) in [6, 6.07) is 12.4. The zero-order chi connectivity index (χ0) is 12.3. The third-order valence-electron chi connectivity index (χ3n) is 3.00. The molecule has 1 unspecified atom stereocenters. The fourth-order valence-electron chi connectivity index (χ4n) is 1.83. The molecule has 0 amide bonds. The Morgan fingerprint density at radius 1 is 1.00 bits per heavy atom. The molecular weight excluding hydrogens is 228 g/mol. The fraction of sp³-hybridized carbons (Fsp3) is 0.333. The van der Waals surface area contributed by atoms with Crippen LogP contribution in [0.4, 0.5) is 0 Å². The van der Waals surface area contributed by atoms with Crippen molar-refractivity contribution < 1.29 is 5.11 Å². The molecule has 0 aliphatic rings. The van der Waals surface area contributed by atoms with Crippen LogP contribution < -0.4 is 0 Å². The average molecular weight is 246 g/mol. The Morgan fingerprint density at radius 3 is 2.24 bits per heavy atom. The van der Waals surface area contributed by atoms with Gasteiger partial charge >= 0.3 is 0 Å². The van der Waals surface area contributed by atoms with E-state index in [-0.39, 0.29) is 0 Å². The lowest BCUT2D eigenvalue weighted by molar-refractivity contribution is 0.224. The largest absolute Gasteiger partial charge is 0.383 e. The number of aliphatic hydroxyl groups is 1. The van der Waals surface area contributed by atoms with Gasteiger partial charge in [0.05, 0.1) is 0 Å². The summed E-state index contributed by atoms with van der Waals surface area (Å²) >= 11 is 1.70. The maximum atomic E-state index is 10.3. The molecule has 2 heteroatoms. The Morgan fingerprint density at radius 2 is 1.71 bits per heavy atom. The van der Waals surface area contributed by atoms with Crippen molar-refractivity contribution in [1.82, 2.24) is 0 Å². The van der Waals surface area contributed by atoms with Crippen LogP contribution in [0.15, 0.2) is 36.4 Å². The molecule has 1 nitrogen and oxygen atoms in total. The lowest BCUT2D eigenvalue weighted by atomic mass is 10.0. The van der Waals surface area contributed by atoms with Gasteiger partial charge in [0.15, 0.2) is 0 Å². The van der Waals surface area contributed by atoms with Crippen molar-refractivity contribution in [2.24, 2.45) is 0 Å². The second-order valence-electron chi connectivity index (χ2n) is 4.16. The molecule has 2 aromatic rings.